The Labute approximate surface area is 165 Å². The molecule has 1 atom stereocenters. The molecule has 5 nitrogen and oxygen atoms in total. The van der Waals surface area contributed by atoms with Crippen LogP contribution in [0.4, 0.5) is 5.69 Å². The van der Waals surface area contributed by atoms with Crippen molar-refractivity contribution < 1.29 is 14.3 Å². The number of ether oxygens (including phenoxy) is 2. The standard InChI is InChI=1S/C21H25ClN2O3/c1-3-26-17-9-10-20(27-4-2)18(13-17)23-21(25)14-24-12-11-19(24)15-5-7-16(22)8-6-15/h5-10,13,19H,3-4,11-12,14H2,1-2H3,(H,23,25)/t19-/m0/s1. The van der Waals surface area contributed by atoms with Crippen molar-refractivity contribution in [2.75, 3.05) is 31.6 Å². The quantitative estimate of drug-likeness (QED) is 0.722. The maximum atomic E-state index is 12.6. The molecule has 0 radical (unpaired) electrons. The first kappa shape index (κ1) is 19.5. The van der Waals surface area contributed by atoms with Gasteiger partial charge in [0.15, 0.2) is 0 Å². The Morgan fingerprint density at radius 1 is 1.15 bits per heavy atom. The van der Waals surface area contributed by atoms with E-state index in [0.29, 0.717) is 36.9 Å². The number of benzene rings is 2. The van der Waals surface area contributed by atoms with Crippen LogP contribution in [0.1, 0.15) is 31.9 Å². The summed E-state index contributed by atoms with van der Waals surface area (Å²) in [6.07, 6.45) is 1.04. The molecule has 0 spiro atoms. The SMILES string of the molecule is CCOc1ccc(OCC)c(NC(=O)CN2CC[C@H]2c2ccc(Cl)cc2)c1. The van der Waals surface area contributed by atoms with E-state index in [4.69, 9.17) is 21.1 Å². The number of nitrogens with one attached hydrogen (secondary N) is 1. The summed E-state index contributed by atoms with van der Waals surface area (Å²) >= 11 is 5.96. The Bertz CT molecular complexity index is 779. The molecule has 1 N–H and O–H groups in total. The van der Waals surface area contributed by atoms with Gasteiger partial charge in [-0.3, -0.25) is 9.69 Å². The molecule has 0 aliphatic carbocycles. The number of nitrogens with zero attached hydrogens (tertiary/aromatic N) is 1. The van der Waals surface area contributed by atoms with Gasteiger partial charge in [0.05, 0.1) is 25.4 Å². The van der Waals surface area contributed by atoms with Gasteiger partial charge in [0, 0.05) is 23.7 Å². The fourth-order valence-corrected chi connectivity index (χ4v) is 3.34. The topological polar surface area (TPSA) is 50.8 Å². The van der Waals surface area contributed by atoms with Crippen LogP contribution in [-0.2, 0) is 4.79 Å². The third-order valence-corrected chi connectivity index (χ3v) is 4.82. The van der Waals surface area contributed by atoms with Crippen molar-refractivity contribution in [1.82, 2.24) is 4.90 Å². The van der Waals surface area contributed by atoms with Gasteiger partial charge in [-0.1, -0.05) is 23.7 Å². The Balaban J connectivity index is 1.65. The van der Waals surface area contributed by atoms with Crippen LogP contribution in [0.5, 0.6) is 11.5 Å². The van der Waals surface area contributed by atoms with E-state index < -0.39 is 0 Å². The van der Waals surface area contributed by atoms with E-state index in [0.717, 1.165) is 18.0 Å². The van der Waals surface area contributed by atoms with Crippen molar-refractivity contribution in [3.63, 3.8) is 0 Å². The van der Waals surface area contributed by atoms with Gasteiger partial charge in [0.2, 0.25) is 5.91 Å². The van der Waals surface area contributed by atoms with Crippen molar-refractivity contribution in [2.45, 2.75) is 26.3 Å². The molecular formula is C21H25ClN2O3. The molecule has 0 saturated carbocycles. The fraction of sp³-hybridized carbons (Fsp3) is 0.381. The Morgan fingerprint density at radius 2 is 1.89 bits per heavy atom. The van der Waals surface area contributed by atoms with Gasteiger partial charge >= 0.3 is 0 Å². The highest BCUT2D eigenvalue weighted by Gasteiger charge is 2.30. The van der Waals surface area contributed by atoms with E-state index >= 15 is 0 Å². The molecule has 3 rings (SSSR count). The Hall–Kier alpha value is -2.24. The maximum Gasteiger partial charge on any atom is 0.238 e. The highest BCUT2D eigenvalue weighted by atomic mass is 35.5. The zero-order valence-electron chi connectivity index (χ0n) is 15.7. The second-order valence-electron chi connectivity index (χ2n) is 6.40. The predicted octanol–water partition coefficient (Wildman–Crippen LogP) is 4.52. The highest BCUT2D eigenvalue weighted by molar-refractivity contribution is 6.30. The van der Waals surface area contributed by atoms with Gasteiger partial charge in [-0.2, -0.15) is 0 Å². The van der Waals surface area contributed by atoms with E-state index in [1.54, 1.807) is 6.07 Å². The minimum absolute atomic E-state index is 0.0664. The summed E-state index contributed by atoms with van der Waals surface area (Å²) in [5.41, 5.74) is 1.82. The van der Waals surface area contributed by atoms with Gasteiger partial charge in [-0.25, -0.2) is 0 Å². The smallest absolute Gasteiger partial charge is 0.238 e. The van der Waals surface area contributed by atoms with Crippen LogP contribution in [0.25, 0.3) is 0 Å². The number of halogens is 1. The molecular weight excluding hydrogens is 364 g/mol. The first-order valence-corrected chi connectivity index (χ1v) is 9.67. The second-order valence-corrected chi connectivity index (χ2v) is 6.84. The lowest BCUT2D eigenvalue weighted by Gasteiger charge is -2.40. The third-order valence-electron chi connectivity index (χ3n) is 4.57. The maximum absolute atomic E-state index is 12.6. The van der Waals surface area contributed by atoms with E-state index in [1.807, 2.05) is 50.2 Å². The molecule has 0 unspecified atom stereocenters. The normalized spacial score (nSPS) is 16.5. The van der Waals surface area contributed by atoms with Crippen LogP contribution in [0.15, 0.2) is 42.5 Å². The summed E-state index contributed by atoms with van der Waals surface area (Å²) in [5.74, 6) is 1.29. The lowest BCUT2D eigenvalue weighted by atomic mass is 9.95. The van der Waals surface area contributed by atoms with E-state index in [9.17, 15) is 4.79 Å². The van der Waals surface area contributed by atoms with Crippen molar-refractivity contribution >= 4 is 23.2 Å². The molecule has 144 valence electrons. The molecule has 0 aromatic heterocycles. The minimum Gasteiger partial charge on any atom is -0.494 e. The summed E-state index contributed by atoms with van der Waals surface area (Å²) in [4.78, 5) is 14.8. The number of anilines is 1. The molecule has 0 bridgehead atoms. The molecule has 2 aromatic rings. The molecule has 27 heavy (non-hydrogen) atoms. The van der Waals surface area contributed by atoms with Gasteiger partial charge in [0.1, 0.15) is 11.5 Å². The summed E-state index contributed by atoms with van der Waals surface area (Å²) in [5, 5.41) is 3.69. The van der Waals surface area contributed by atoms with Crippen LogP contribution in [-0.4, -0.2) is 37.1 Å². The van der Waals surface area contributed by atoms with Gasteiger partial charge in [-0.15, -0.1) is 0 Å². The van der Waals surface area contributed by atoms with Crippen LogP contribution in [0.3, 0.4) is 0 Å². The van der Waals surface area contributed by atoms with Gasteiger partial charge < -0.3 is 14.8 Å². The molecule has 1 amide bonds. The minimum atomic E-state index is -0.0664. The number of carbonyl (C=O) groups excluding carboxylic acids is 1. The fourth-order valence-electron chi connectivity index (χ4n) is 3.21. The lowest BCUT2D eigenvalue weighted by Crippen LogP contribution is -2.45. The number of likely N-dealkylation sites (tertiary alicyclic amines) is 1. The third kappa shape index (κ3) is 4.93. The van der Waals surface area contributed by atoms with Crippen molar-refractivity contribution in [1.29, 1.82) is 0 Å². The first-order chi connectivity index (χ1) is 13.1. The van der Waals surface area contributed by atoms with Crippen LogP contribution < -0.4 is 14.8 Å². The summed E-state index contributed by atoms with van der Waals surface area (Å²) in [6, 6.07) is 13.6. The largest absolute Gasteiger partial charge is 0.494 e. The summed E-state index contributed by atoms with van der Waals surface area (Å²) < 4.78 is 11.2. The van der Waals surface area contributed by atoms with Crippen molar-refractivity contribution in [3.05, 3.63) is 53.1 Å². The van der Waals surface area contributed by atoms with Crippen molar-refractivity contribution in [3.8, 4) is 11.5 Å². The zero-order valence-corrected chi connectivity index (χ0v) is 16.5. The monoisotopic (exact) mass is 388 g/mol. The predicted molar refractivity (Wildman–Crippen MR) is 108 cm³/mol. The van der Waals surface area contributed by atoms with Crippen LogP contribution >= 0.6 is 11.6 Å². The summed E-state index contributed by atoms with van der Waals surface area (Å²) in [7, 11) is 0. The van der Waals surface area contributed by atoms with Crippen LogP contribution in [0.2, 0.25) is 5.02 Å². The van der Waals surface area contributed by atoms with Gasteiger partial charge in [-0.05, 0) is 50.1 Å². The molecule has 1 aliphatic rings. The van der Waals surface area contributed by atoms with Crippen molar-refractivity contribution in [2.24, 2.45) is 0 Å². The summed E-state index contributed by atoms with van der Waals surface area (Å²) in [6.45, 7) is 6.17. The molecule has 1 heterocycles. The second kappa shape index (κ2) is 9.11. The number of carbonyl (C=O) groups is 1. The van der Waals surface area contributed by atoms with Crippen LogP contribution in [0, 0.1) is 0 Å². The Kier molecular flexibility index (Phi) is 6.58. The number of hydrogen-bond donors (Lipinski definition) is 1. The van der Waals surface area contributed by atoms with E-state index in [2.05, 4.69) is 10.2 Å². The Morgan fingerprint density at radius 3 is 2.52 bits per heavy atom. The molecule has 2 aromatic carbocycles. The average Bonchev–Trinajstić information content (AvgIpc) is 2.63. The van der Waals surface area contributed by atoms with E-state index in [1.165, 1.54) is 5.56 Å². The van der Waals surface area contributed by atoms with Gasteiger partial charge in [0.25, 0.3) is 0 Å². The highest BCUT2D eigenvalue weighted by Crippen LogP contribution is 2.34. The molecule has 6 heteroatoms. The molecule has 1 aliphatic heterocycles. The molecule has 1 fully saturated rings. The van der Waals surface area contributed by atoms with E-state index in [-0.39, 0.29) is 11.9 Å². The number of rotatable bonds is 8. The zero-order chi connectivity index (χ0) is 19.2. The first-order valence-electron chi connectivity index (χ1n) is 9.29. The average molecular weight is 389 g/mol. The lowest BCUT2D eigenvalue weighted by molar-refractivity contribution is -0.119. The number of hydrogen-bond acceptors (Lipinski definition) is 4. The number of amides is 1. The molecule has 1 saturated heterocycles.